The maximum absolute atomic E-state index is 12.0. The maximum Gasteiger partial charge on any atom is 0.130 e. The van der Waals surface area contributed by atoms with Crippen LogP contribution in [0.25, 0.3) is 33.1 Å². The van der Waals surface area contributed by atoms with Crippen molar-refractivity contribution in [3.8, 4) is 11.1 Å². The number of hydrogen-bond acceptors (Lipinski definition) is 5. The topological polar surface area (TPSA) is 96.7 Å². The van der Waals surface area contributed by atoms with Gasteiger partial charge in [-0.15, -0.1) is 0 Å². The minimum Gasteiger partial charge on any atom is -0.381 e. The molecule has 2 aromatic carbocycles. The van der Waals surface area contributed by atoms with Crippen molar-refractivity contribution in [1.82, 2.24) is 15.0 Å². The van der Waals surface area contributed by atoms with E-state index in [-0.39, 0.29) is 0 Å². The first-order valence-electron chi connectivity index (χ1n) is 11.5. The summed E-state index contributed by atoms with van der Waals surface area (Å²) in [6.07, 6.45) is 10.7. The second kappa shape index (κ2) is 7.41. The molecular weight excluding hydrogens is 398 g/mol. The van der Waals surface area contributed by atoms with Crippen LogP contribution in [0.5, 0.6) is 0 Å². The zero-order valence-corrected chi connectivity index (χ0v) is 18.0. The number of H-pyrrole nitrogens is 1. The predicted octanol–water partition coefficient (Wildman–Crippen LogP) is 4.69. The molecule has 0 aliphatic heterocycles. The number of pyridine rings is 1. The Morgan fingerprint density at radius 2 is 1.78 bits per heavy atom. The number of aromatic nitrogens is 3. The highest BCUT2D eigenvalue weighted by molar-refractivity contribution is 5.98. The van der Waals surface area contributed by atoms with E-state index in [0.29, 0.717) is 12.1 Å². The lowest BCUT2D eigenvalue weighted by atomic mass is 9.89. The van der Waals surface area contributed by atoms with Crippen molar-refractivity contribution in [3.63, 3.8) is 0 Å². The number of fused-ring (bicyclic) bond motifs is 2. The summed E-state index contributed by atoms with van der Waals surface area (Å²) < 4.78 is 0. The van der Waals surface area contributed by atoms with Crippen LogP contribution in [0, 0.1) is 0 Å². The number of anilines is 1. The Balaban J connectivity index is 1.48. The summed E-state index contributed by atoms with van der Waals surface area (Å²) in [6, 6.07) is 13.3. The molecule has 162 valence electrons. The third kappa shape index (κ3) is 3.26. The monoisotopic (exact) mass is 425 g/mol. The number of aldehydes is 1. The Kier molecular flexibility index (Phi) is 4.50. The first-order valence-corrected chi connectivity index (χ1v) is 11.5. The SMILES string of the molecule is N[C@H]1CC[C@@H](Nc2c(C3(C=O)CC3)cnc3ccc(-c4ccc5[nH]cnc5c4)cc23)CC1. The average molecular weight is 426 g/mol. The van der Waals surface area contributed by atoms with E-state index in [0.717, 1.165) is 89.1 Å². The van der Waals surface area contributed by atoms with Gasteiger partial charge < -0.3 is 20.8 Å². The van der Waals surface area contributed by atoms with Crippen LogP contribution in [-0.4, -0.2) is 33.3 Å². The second-order valence-electron chi connectivity index (χ2n) is 9.44. The minimum atomic E-state index is -0.390. The number of aromatic amines is 1. The minimum absolute atomic E-state index is 0.301. The van der Waals surface area contributed by atoms with Crippen LogP contribution in [0.15, 0.2) is 48.9 Å². The molecule has 6 nitrogen and oxygen atoms in total. The lowest BCUT2D eigenvalue weighted by molar-refractivity contribution is -0.109. The number of nitrogens with two attached hydrogens (primary N) is 1. The third-order valence-electron chi connectivity index (χ3n) is 7.29. The molecule has 0 spiro atoms. The summed E-state index contributed by atoms with van der Waals surface area (Å²) in [7, 11) is 0. The zero-order chi connectivity index (χ0) is 21.7. The molecule has 2 aliphatic rings. The normalized spacial score (nSPS) is 22.2. The van der Waals surface area contributed by atoms with Gasteiger partial charge in [-0.1, -0.05) is 12.1 Å². The molecule has 6 rings (SSSR count). The van der Waals surface area contributed by atoms with E-state index in [1.165, 1.54) is 0 Å². The zero-order valence-electron chi connectivity index (χ0n) is 18.0. The molecule has 2 heterocycles. The molecular formula is C26H27N5O. The van der Waals surface area contributed by atoms with Gasteiger partial charge in [-0.2, -0.15) is 0 Å². The Labute approximate surface area is 186 Å². The first kappa shape index (κ1) is 19.4. The lowest BCUT2D eigenvalue weighted by Crippen LogP contribution is -2.33. The fourth-order valence-corrected chi connectivity index (χ4v) is 5.07. The number of carbonyl (C=O) groups is 1. The van der Waals surface area contributed by atoms with Gasteiger partial charge in [-0.3, -0.25) is 4.98 Å². The Morgan fingerprint density at radius 3 is 2.56 bits per heavy atom. The highest BCUT2D eigenvalue weighted by Gasteiger charge is 2.46. The number of nitrogens with one attached hydrogen (secondary N) is 2. The highest BCUT2D eigenvalue weighted by atomic mass is 16.1. The second-order valence-corrected chi connectivity index (χ2v) is 9.44. The van der Waals surface area contributed by atoms with Crippen LogP contribution in [-0.2, 0) is 10.2 Å². The Hall–Kier alpha value is -3.25. The molecule has 32 heavy (non-hydrogen) atoms. The predicted molar refractivity (Wildman–Crippen MR) is 128 cm³/mol. The highest BCUT2D eigenvalue weighted by Crippen LogP contribution is 2.50. The lowest BCUT2D eigenvalue weighted by Gasteiger charge is -2.29. The summed E-state index contributed by atoms with van der Waals surface area (Å²) in [6.45, 7) is 0. The molecule has 0 bridgehead atoms. The summed E-state index contributed by atoms with van der Waals surface area (Å²) in [5.41, 5.74) is 13.0. The molecule has 0 unspecified atom stereocenters. The van der Waals surface area contributed by atoms with Gasteiger partial charge in [0.25, 0.3) is 0 Å². The number of rotatable bonds is 5. The van der Waals surface area contributed by atoms with Gasteiger partial charge in [0.2, 0.25) is 0 Å². The van der Waals surface area contributed by atoms with Crippen LogP contribution in [0.4, 0.5) is 5.69 Å². The fraction of sp³-hybridized carbons (Fsp3) is 0.346. The van der Waals surface area contributed by atoms with Crippen LogP contribution in [0.2, 0.25) is 0 Å². The van der Waals surface area contributed by atoms with Gasteiger partial charge in [0.15, 0.2) is 0 Å². The first-order chi connectivity index (χ1) is 15.6. The Bertz CT molecular complexity index is 1310. The van der Waals surface area contributed by atoms with E-state index in [4.69, 9.17) is 10.7 Å². The van der Waals surface area contributed by atoms with E-state index in [9.17, 15) is 4.79 Å². The van der Waals surface area contributed by atoms with Gasteiger partial charge in [-0.05, 0) is 73.9 Å². The fourth-order valence-electron chi connectivity index (χ4n) is 5.07. The maximum atomic E-state index is 12.0. The molecule has 6 heteroatoms. The van der Waals surface area contributed by atoms with Crippen LogP contribution in [0.1, 0.15) is 44.1 Å². The van der Waals surface area contributed by atoms with Crippen molar-refractivity contribution in [2.75, 3.05) is 5.32 Å². The van der Waals surface area contributed by atoms with Crippen molar-refractivity contribution in [3.05, 3.63) is 54.5 Å². The van der Waals surface area contributed by atoms with Gasteiger partial charge in [-0.25, -0.2) is 4.98 Å². The van der Waals surface area contributed by atoms with Gasteiger partial charge >= 0.3 is 0 Å². The third-order valence-corrected chi connectivity index (χ3v) is 7.29. The molecule has 2 aliphatic carbocycles. The largest absolute Gasteiger partial charge is 0.381 e. The van der Waals surface area contributed by atoms with Crippen molar-refractivity contribution in [1.29, 1.82) is 0 Å². The summed E-state index contributed by atoms with van der Waals surface area (Å²) in [5, 5.41) is 4.90. The molecule has 4 N–H and O–H groups in total. The van der Waals surface area contributed by atoms with Gasteiger partial charge in [0.1, 0.15) is 6.29 Å². The molecule has 2 saturated carbocycles. The number of hydrogen-bond donors (Lipinski definition) is 3. The van der Waals surface area contributed by atoms with Crippen LogP contribution < -0.4 is 11.1 Å². The molecule has 2 fully saturated rings. The van der Waals surface area contributed by atoms with E-state index in [2.05, 4.69) is 51.7 Å². The smallest absolute Gasteiger partial charge is 0.130 e. The van der Waals surface area contributed by atoms with E-state index in [1.54, 1.807) is 6.33 Å². The number of imidazole rings is 1. The van der Waals surface area contributed by atoms with Crippen molar-refractivity contribution in [2.24, 2.45) is 5.73 Å². The molecule has 0 radical (unpaired) electrons. The molecule has 0 saturated heterocycles. The molecule has 0 atom stereocenters. The van der Waals surface area contributed by atoms with Crippen molar-refractivity contribution in [2.45, 2.75) is 56.0 Å². The van der Waals surface area contributed by atoms with Crippen molar-refractivity contribution < 1.29 is 4.79 Å². The van der Waals surface area contributed by atoms with Crippen LogP contribution in [0.3, 0.4) is 0 Å². The quantitative estimate of drug-likeness (QED) is 0.403. The summed E-state index contributed by atoms with van der Waals surface area (Å²) in [4.78, 5) is 24.3. The number of nitrogens with zero attached hydrogens (tertiary/aromatic N) is 2. The summed E-state index contributed by atoms with van der Waals surface area (Å²) in [5.74, 6) is 0. The molecule has 4 aromatic rings. The van der Waals surface area contributed by atoms with Gasteiger partial charge in [0, 0.05) is 34.9 Å². The van der Waals surface area contributed by atoms with E-state index in [1.807, 2.05) is 6.20 Å². The summed E-state index contributed by atoms with van der Waals surface area (Å²) >= 11 is 0. The number of benzene rings is 2. The number of carbonyl (C=O) groups excluding carboxylic acids is 1. The van der Waals surface area contributed by atoms with Gasteiger partial charge in [0.05, 0.1) is 28.3 Å². The molecule has 2 aromatic heterocycles. The Morgan fingerprint density at radius 1 is 1.00 bits per heavy atom. The van der Waals surface area contributed by atoms with Crippen molar-refractivity contribution >= 4 is 33.9 Å². The molecule has 0 amide bonds. The van der Waals surface area contributed by atoms with E-state index < -0.39 is 5.41 Å². The standard InChI is InChI=1S/C26H27N5O/c27-18-3-5-19(6-4-18)31-25-20-11-16(17-2-8-23-24(12-17)30-15-29-23)1-7-22(20)28-13-21(25)26(14-32)9-10-26/h1-2,7-8,11-15,18-19H,3-6,9-10,27H2,(H,28,31)(H,29,30)/t18-,19+. The van der Waals surface area contributed by atoms with Crippen LogP contribution >= 0.6 is 0 Å². The average Bonchev–Trinajstić information content (AvgIpc) is 3.48. The van der Waals surface area contributed by atoms with E-state index >= 15 is 0 Å².